The predicted molar refractivity (Wildman–Crippen MR) is 142 cm³/mol. The number of amides is 2. The van der Waals surface area contributed by atoms with Crippen molar-refractivity contribution in [3.8, 4) is 11.3 Å². The van der Waals surface area contributed by atoms with Gasteiger partial charge >= 0.3 is 0 Å². The van der Waals surface area contributed by atoms with Crippen molar-refractivity contribution in [3.05, 3.63) is 70.0 Å². The molecule has 1 aromatic carbocycles. The lowest BCUT2D eigenvalue weighted by Crippen LogP contribution is -2.44. The summed E-state index contributed by atoms with van der Waals surface area (Å²) in [6.07, 6.45) is -0.150. The molecule has 0 spiro atoms. The van der Waals surface area contributed by atoms with Gasteiger partial charge in [-0.1, -0.05) is 6.07 Å². The number of ketones is 1. The number of aromatic nitrogens is 5. The van der Waals surface area contributed by atoms with Gasteiger partial charge in [-0.15, -0.1) is 0 Å². The molecule has 4 heterocycles. The van der Waals surface area contributed by atoms with E-state index in [4.69, 9.17) is 0 Å². The number of benzene rings is 1. The minimum atomic E-state index is -1.36. The number of fused-ring (bicyclic) bond motifs is 1. The summed E-state index contributed by atoms with van der Waals surface area (Å²) in [4.78, 5) is 48.3. The fraction of sp³-hybridized carbons (Fsp3) is 0.269. The van der Waals surface area contributed by atoms with E-state index < -0.39 is 24.0 Å². The van der Waals surface area contributed by atoms with Crippen molar-refractivity contribution < 1.29 is 23.5 Å². The van der Waals surface area contributed by atoms with Crippen LogP contribution in [0.2, 0.25) is 0 Å². The van der Waals surface area contributed by atoms with E-state index in [1.807, 2.05) is 0 Å². The second-order valence-electron chi connectivity index (χ2n) is 9.21. The first kappa shape index (κ1) is 26.4. The van der Waals surface area contributed by atoms with Crippen LogP contribution in [0, 0.1) is 12.1 Å². The molecule has 39 heavy (non-hydrogen) atoms. The Hall–Kier alpha value is -4.26. The van der Waals surface area contributed by atoms with Gasteiger partial charge in [-0.25, -0.2) is 14.1 Å². The van der Waals surface area contributed by atoms with Crippen LogP contribution in [0.3, 0.4) is 0 Å². The Morgan fingerprint density at radius 2 is 2.00 bits per heavy atom. The third-order valence-corrected chi connectivity index (χ3v) is 6.91. The number of nitrogens with one attached hydrogen (secondary N) is 1. The molecule has 1 fully saturated rings. The normalized spacial score (nSPS) is 17.0. The largest absolute Gasteiger partial charge is 0.711 e. The molecule has 11 nitrogen and oxygen atoms in total. The molecule has 0 radical (unpaired) electrons. The highest BCUT2D eigenvalue weighted by Crippen LogP contribution is 2.27. The first-order chi connectivity index (χ1) is 18.6. The highest BCUT2D eigenvalue weighted by Gasteiger charge is 2.40. The van der Waals surface area contributed by atoms with E-state index in [9.17, 15) is 24.0 Å². The first-order valence-corrected chi connectivity index (χ1v) is 12.9. The lowest BCUT2D eigenvalue weighted by Gasteiger charge is -2.23. The van der Waals surface area contributed by atoms with Gasteiger partial charge in [0.25, 0.3) is 5.82 Å². The number of carbonyl (C=O) groups is 3. The number of carbonyl (C=O) groups excluding carboxylic acids is 3. The number of rotatable bonds is 6. The Morgan fingerprint density at radius 3 is 2.72 bits per heavy atom. The molecule has 1 aliphatic rings. The van der Waals surface area contributed by atoms with Crippen LogP contribution in [0.1, 0.15) is 29.7 Å². The SMILES string of the molecule is CC(=O)c1nn(CC(=O)N2C[C@H](F)C[C@H]2C(=O)Nc2cccc(Br)n2)c2ccc(-c3cc[n+]([O-])c(C)n3)cc12. The summed E-state index contributed by atoms with van der Waals surface area (Å²) in [5.41, 5.74) is 1.88. The highest BCUT2D eigenvalue weighted by atomic mass is 79.9. The van der Waals surface area contributed by atoms with E-state index in [0.717, 1.165) is 0 Å². The number of alkyl halides is 1. The fourth-order valence-electron chi connectivity index (χ4n) is 4.60. The van der Waals surface area contributed by atoms with Crippen LogP contribution in [0.15, 0.2) is 53.3 Å². The first-order valence-electron chi connectivity index (χ1n) is 12.1. The third-order valence-electron chi connectivity index (χ3n) is 6.47. The molecule has 0 saturated carbocycles. The van der Waals surface area contributed by atoms with Crippen molar-refractivity contribution in [3.63, 3.8) is 0 Å². The van der Waals surface area contributed by atoms with Gasteiger partial charge in [-0.05, 0) is 51.2 Å². The number of nitrogens with zero attached hydrogens (tertiary/aromatic N) is 6. The Labute approximate surface area is 230 Å². The Morgan fingerprint density at radius 1 is 1.21 bits per heavy atom. The number of aryl methyl sites for hydroxylation is 1. The zero-order valence-electron chi connectivity index (χ0n) is 21.0. The van der Waals surface area contributed by atoms with Gasteiger partial charge in [0.2, 0.25) is 11.8 Å². The van der Waals surface area contributed by atoms with Crippen LogP contribution in [-0.4, -0.2) is 61.0 Å². The van der Waals surface area contributed by atoms with Crippen molar-refractivity contribution in [2.24, 2.45) is 0 Å². The minimum absolute atomic E-state index is 0.139. The maximum Gasteiger partial charge on any atom is 0.298 e. The molecule has 13 heteroatoms. The quantitative estimate of drug-likeness (QED) is 0.156. The van der Waals surface area contributed by atoms with E-state index in [0.29, 0.717) is 31.5 Å². The molecule has 1 saturated heterocycles. The van der Waals surface area contributed by atoms with Crippen LogP contribution in [0.4, 0.5) is 10.2 Å². The van der Waals surface area contributed by atoms with E-state index in [1.165, 1.54) is 22.7 Å². The molecule has 0 unspecified atom stereocenters. The predicted octanol–water partition coefficient (Wildman–Crippen LogP) is 2.98. The Bertz CT molecular complexity index is 1630. The Balaban J connectivity index is 1.42. The van der Waals surface area contributed by atoms with E-state index in [2.05, 4.69) is 36.3 Å². The van der Waals surface area contributed by atoms with Crippen molar-refractivity contribution >= 4 is 50.2 Å². The maximum absolute atomic E-state index is 14.4. The summed E-state index contributed by atoms with van der Waals surface area (Å²) in [7, 11) is 0. The number of likely N-dealkylation sites (tertiary alicyclic amines) is 1. The maximum atomic E-state index is 14.4. The summed E-state index contributed by atoms with van der Waals surface area (Å²) in [5.74, 6) is -0.814. The summed E-state index contributed by atoms with van der Waals surface area (Å²) in [6.45, 7) is 2.43. The third kappa shape index (κ3) is 5.35. The standard InChI is InChI=1S/C26H23BrFN7O4/c1-14(36)25-18-10-16(19-8-9-35(39)15(2)29-19)6-7-20(18)34(32-25)13-24(37)33-12-17(28)11-21(33)26(38)31-23-5-3-4-22(27)30-23/h3-10,17,21H,11-13H2,1-2H3,(H,30,31,38)/t17-,21+/m1/s1. The smallest absolute Gasteiger partial charge is 0.298 e. The number of Topliss-reactive ketones (excluding diaryl/α,β-unsaturated/α-hetero) is 1. The van der Waals surface area contributed by atoms with Gasteiger partial charge in [-0.3, -0.25) is 19.1 Å². The summed E-state index contributed by atoms with van der Waals surface area (Å²) in [6, 6.07) is 10.7. The van der Waals surface area contributed by atoms with E-state index >= 15 is 0 Å². The van der Waals surface area contributed by atoms with Crippen molar-refractivity contribution in [2.75, 3.05) is 11.9 Å². The second kappa shape index (κ2) is 10.5. The van der Waals surface area contributed by atoms with Gasteiger partial charge in [0.05, 0.1) is 18.3 Å². The number of pyridine rings is 1. The summed E-state index contributed by atoms with van der Waals surface area (Å²) < 4.78 is 17.0. The lowest BCUT2D eigenvalue weighted by molar-refractivity contribution is -0.615. The average Bonchev–Trinajstić information content (AvgIpc) is 3.46. The molecule has 0 aliphatic carbocycles. The zero-order chi connectivity index (χ0) is 27.8. The topological polar surface area (TPSA) is 137 Å². The molecular weight excluding hydrogens is 573 g/mol. The molecule has 1 aliphatic heterocycles. The van der Waals surface area contributed by atoms with E-state index in [1.54, 1.807) is 49.4 Å². The van der Waals surface area contributed by atoms with Gasteiger partial charge in [0.15, 0.2) is 11.5 Å². The fourth-order valence-corrected chi connectivity index (χ4v) is 4.95. The second-order valence-corrected chi connectivity index (χ2v) is 10.0. The molecule has 2 amide bonds. The highest BCUT2D eigenvalue weighted by molar-refractivity contribution is 9.10. The molecule has 3 aromatic heterocycles. The number of anilines is 1. The Kier molecular flexibility index (Phi) is 7.08. The van der Waals surface area contributed by atoms with Crippen LogP contribution in [0.5, 0.6) is 0 Å². The van der Waals surface area contributed by atoms with E-state index in [-0.39, 0.29) is 42.6 Å². The monoisotopic (exact) mass is 595 g/mol. The molecule has 0 bridgehead atoms. The van der Waals surface area contributed by atoms with Crippen LogP contribution in [0.25, 0.3) is 22.2 Å². The number of hydrogen-bond donors (Lipinski definition) is 1. The molecule has 2 atom stereocenters. The summed E-state index contributed by atoms with van der Waals surface area (Å²) >= 11 is 3.24. The molecular formula is C26H23BrFN7O4. The van der Waals surface area contributed by atoms with Gasteiger partial charge in [0.1, 0.15) is 34.9 Å². The van der Waals surface area contributed by atoms with Crippen LogP contribution >= 0.6 is 15.9 Å². The van der Waals surface area contributed by atoms with Crippen molar-refractivity contribution in [1.29, 1.82) is 0 Å². The number of halogens is 2. The van der Waals surface area contributed by atoms with Gasteiger partial charge < -0.3 is 15.4 Å². The van der Waals surface area contributed by atoms with Crippen LogP contribution < -0.4 is 10.0 Å². The lowest BCUT2D eigenvalue weighted by atomic mass is 10.1. The summed E-state index contributed by atoms with van der Waals surface area (Å²) in [5, 5.41) is 19.2. The minimum Gasteiger partial charge on any atom is -0.711 e. The van der Waals surface area contributed by atoms with Crippen LogP contribution in [-0.2, 0) is 16.1 Å². The molecule has 1 N–H and O–H groups in total. The van der Waals surface area contributed by atoms with Gasteiger partial charge in [0, 0.05) is 37.3 Å². The average molecular weight is 596 g/mol. The zero-order valence-corrected chi connectivity index (χ0v) is 22.6. The van der Waals surface area contributed by atoms with Crippen molar-refractivity contribution in [1.82, 2.24) is 24.6 Å². The molecule has 5 rings (SSSR count). The van der Waals surface area contributed by atoms with Crippen molar-refractivity contribution in [2.45, 2.75) is 39.0 Å². The molecule has 200 valence electrons. The van der Waals surface area contributed by atoms with Gasteiger partial charge in [-0.2, -0.15) is 5.10 Å². The number of hydrogen-bond acceptors (Lipinski definition) is 7. The molecule has 4 aromatic rings.